The molecular formula is C17H26O3S. The summed E-state index contributed by atoms with van der Waals surface area (Å²) in [5, 5.41) is 0.101. The first-order valence-corrected chi connectivity index (χ1v) is 8.60. The minimum absolute atomic E-state index is 0.101. The van der Waals surface area contributed by atoms with Gasteiger partial charge in [0, 0.05) is 11.3 Å². The lowest BCUT2D eigenvalue weighted by atomic mass is 10.1. The van der Waals surface area contributed by atoms with E-state index in [0.717, 1.165) is 12.2 Å². The van der Waals surface area contributed by atoms with Gasteiger partial charge in [0.15, 0.2) is 11.5 Å². The molecule has 4 heteroatoms. The van der Waals surface area contributed by atoms with E-state index >= 15 is 0 Å². The zero-order chi connectivity index (χ0) is 15.5. The molecular weight excluding hydrogens is 284 g/mol. The second kappa shape index (κ2) is 10.6. The molecule has 0 saturated carbocycles. The maximum atomic E-state index is 12.1. The molecule has 0 bridgehead atoms. The number of benzene rings is 1. The topological polar surface area (TPSA) is 35.5 Å². The SMILES string of the molecule is CCCCCCCCSC(=O)c1ccc(OC)c(OC)c1. The van der Waals surface area contributed by atoms with E-state index in [2.05, 4.69) is 6.92 Å². The third-order valence-corrected chi connectivity index (χ3v) is 4.34. The molecule has 0 aliphatic rings. The van der Waals surface area contributed by atoms with Crippen LogP contribution in [0.25, 0.3) is 0 Å². The van der Waals surface area contributed by atoms with Crippen molar-refractivity contribution in [1.29, 1.82) is 0 Å². The number of thioether (sulfide) groups is 1. The molecule has 0 heterocycles. The quantitative estimate of drug-likeness (QED) is 0.574. The Kier molecular flexibility index (Phi) is 8.99. The van der Waals surface area contributed by atoms with Gasteiger partial charge in [0.1, 0.15) is 0 Å². The van der Waals surface area contributed by atoms with E-state index in [1.807, 2.05) is 0 Å². The van der Waals surface area contributed by atoms with Gasteiger partial charge < -0.3 is 9.47 Å². The first-order valence-electron chi connectivity index (χ1n) is 7.62. The van der Waals surface area contributed by atoms with E-state index < -0.39 is 0 Å². The van der Waals surface area contributed by atoms with Crippen LogP contribution in [0.4, 0.5) is 0 Å². The Morgan fingerprint density at radius 1 is 1.00 bits per heavy atom. The molecule has 0 spiro atoms. The maximum Gasteiger partial charge on any atom is 0.219 e. The summed E-state index contributed by atoms with van der Waals surface area (Å²) in [7, 11) is 3.17. The minimum Gasteiger partial charge on any atom is -0.493 e. The van der Waals surface area contributed by atoms with Crippen molar-refractivity contribution in [2.75, 3.05) is 20.0 Å². The van der Waals surface area contributed by atoms with Crippen LogP contribution in [0, 0.1) is 0 Å². The predicted molar refractivity (Wildman–Crippen MR) is 89.7 cm³/mol. The molecule has 0 saturated heterocycles. The second-order valence-electron chi connectivity index (χ2n) is 4.97. The molecule has 0 unspecified atom stereocenters. The average Bonchev–Trinajstić information content (AvgIpc) is 2.53. The van der Waals surface area contributed by atoms with Crippen LogP contribution >= 0.6 is 11.8 Å². The molecule has 1 aromatic carbocycles. The third kappa shape index (κ3) is 6.42. The van der Waals surface area contributed by atoms with Gasteiger partial charge in [-0.1, -0.05) is 50.8 Å². The molecule has 21 heavy (non-hydrogen) atoms. The Balaban J connectivity index is 2.35. The molecule has 0 N–H and O–H groups in total. The first kappa shape index (κ1) is 17.9. The lowest BCUT2D eigenvalue weighted by Gasteiger charge is -2.08. The van der Waals surface area contributed by atoms with E-state index in [9.17, 15) is 4.79 Å². The zero-order valence-electron chi connectivity index (χ0n) is 13.3. The van der Waals surface area contributed by atoms with Gasteiger partial charge in [0.05, 0.1) is 14.2 Å². The highest BCUT2D eigenvalue weighted by Crippen LogP contribution is 2.29. The Bertz CT molecular complexity index is 432. The Labute approximate surface area is 132 Å². The number of carbonyl (C=O) groups excluding carboxylic acids is 1. The van der Waals surface area contributed by atoms with E-state index in [1.54, 1.807) is 32.4 Å². The van der Waals surface area contributed by atoms with Crippen LogP contribution in [-0.4, -0.2) is 25.1 Å². The first-order chi connectivity index (χ1) is 10.2. The molecule has 1 rings (SSSR count). The molecule has 0 atom stereocenters. The summed E-state index contributed by atoms with van der Waals surface area (Å²) in [6, 6.07) is 5.31. The van der Waals surface area contributed by atoms with Gasteiger partial charge in [0.25, 0.3) is 0 Å². The van der Waals surface area contributed by atoms with Crippen molar-refractivity contribution >= 4 is 16.9 Å². The normalized spacial score (nSPS) is 10.4. The smallest absolute Gasteiger partial charge is 0.219 e. The standard InChI is InChI=1S/C17H26O3S/c1-4-5-6-7-8-9-12-21-17(18)14-10-11-15(19-2)16(13-14)20-3/h10-11,13H,4-9,12H2,1-3H3. The van der Waals surface area contributed by atoms with Gasteiger partial charge >= 0.3 is 0 Å². The minimum atomic E-state index is 0.101. The maximum absolute atomic E-state index is 12.1. The lowest BCUT2D eigenvalue weighted by molar-refractivity contribution is 0.108. The molecule has 0 aliphatic carbocycles. The van der Waals surface area contributed by atoms with Crippen LogP contribution in [0.3, 0.4) is 0 Å². The molecule has 0 radical (unpaired) electrons. The fourth-order valence-electron chi connectivity index (χ4n) is 2.09. The van der Waals surface area contributed by atoms with Crippen molar-refractivity contribution in [2.24, 2.45) is 0 Å². The summed E-state index contributed by atoms with van der Waals surface area (Å²) < 4.78 is 10.4. The van der Waals surface area contributed by atoms with Crippen LogP contribution in [0.15, 0.2) is 18.2 Å². The summed E-state index contributed by atoms with van der Waals surface area (Å²) >= 11 is 1.39. The van der Waals surface area contributed by atoms with Crippen LogP contribution in [0.5, 0.6) is 11.5 Å². The van der Waals surface area contributed by atoms with E-state index in [0.29, 0.717) is 17.1 Å². The summed E-state index contributed by atoms with van der Waals surface area (Å²) in [6.07, 6.45) is 7.49. The highest BCUT2D eigenvalue weighted by molar-refractivity contribution is 8.14. The van der Waals surface area contributed by atoms with E-state index in [-0.39, 0.29) is 5.12 Å². The van der Waals surface area contributed by atoms with Gasteiger partial charge in [-0.25, -0.2) is 0 Å². The largest absolute Gasteiger partial charge is 0.493 e. The summed E-state index contributed by atoms with van der Waals surface area (Å²) in [5.41, 5.74) is 0.670. The van der Waals surface area contributed by atoms with Gasteiger partial charge in [-0.2, -0.15) is 0 Å². The Morgan fingerprint density at radius 3 is 2.33 bits per heavy atom. The molecule has 0 fully saturated rings. The monoisotopic (exact) mass is 310 g/mol. The summed E-state index contributed by atoms with van der Waals surface area (Å²) in [6.45, 7) is 2.22. The van der Waals surface area contributed by atoms with Crippen molar-refractivity contribution < 1.29 is 14.3 Å². The van der Waals surface area contributed by atoms with Crippen molar-refractivity contribution in [3.63, 3.8) is 0 Å². The summed E-state index contributed by atoms with van der Waals surface area (Å²) in [5.74, 6) is 2.14. The van der Waals surface area contributed by atoms with Crippen molar-refractivity contribution in [3.05, 3.63) is 23.8 Å². The number of unbranched alkanes of at least 4 members (excludes halogenated alkanes) is 5. The highest BCUT2D eigenvalue weighted by atomic mass is 32.2. The fraction of sp³-hybridized carbons (Fsp3) is 0.588. The van der Waals surface area contributed by atoms with Gasteiger partial charge in [0.2, 0.25) is 5.12 Å². The molecule has 0 amide bonds. The van der Waals surface area contributed by atoms with Crippen LogP contribution in [0.1, 0.15) is 55.8 Å². The van der Waals surface area contributed by atoms with Crippen LogP contribution in [-0.2, 0) is 0 Å². The van der Waals surface area contributed by atoms with Crippen molar-refractivity contribution in [1.82, 2.24) is 0 Å². The Morgan fingerprint density at radius 2 is 1.67 bits per heavy atom. The number of rotatable bonds is 10. The van der Waals surface area contributed by atoms with Crippen LogP contribution in [0.2, 0.25) is 0 Å². The molecule has 0 aromatic heterocycles. The van der Waals surface area contributed by atoms with Gasteiger partial charge in [-0.05, 0) is 24.6 Å². The number of ether oxygens (including phenoxy) is 2. The highest BCUT2D eigenvalue weighted by Gasteiger charge is 2.11. The third-order valence-electron chi connectivity index (χ3n) is 3.35. The van der Waals surface area contributed by atoms with E-state index in [4.69, 9.17) is 9.47 Å². The number of carbonyl (C=O) groups is 1. The average molecular weight is 310 g/mol. The molecule has 0 aliphatic heterocycles. The number of hydrogen-bond acceptors (Lipinski definition) is 4. The second-order valence-corrected chi connectivity index (χ2v) is 6.04. The fourth-order valence-corrected chi connectivity index (χ4v) is 2.92. The zero-order valence-corrected chi connectivity index (χ0v) is 14.1. The lowest BCUT2D eigenvalue weighted by Crippen LogP contribution is -1.98. The predicted octanol–water partition coefficient (Wildman–Crippen LogP) is 4.94. The van der Waals surface area contributed by atoms with Crippen molar-refractivity contribution in [2.45, 2.75) is 45.4 Å². The number of hydrogen-bond donors (Lipinski definition) is 0. The van der Waals surface area contributed by atoms with Gasteiger partial charge in [-0.3, -0.25) is 4.79 Å². The van der Waals surface area contributed by atoms with Gasteiger partial charge in [-0.15, -0.1) is 0 Å². The molecule has 1 aromatic rings. The number of methoxy groups -OCH3 is 2. The molecule has 118 valence electrons. The van der Waals surface area contributed by atoms with E-state index in [1.165, 1.54) is 43.9 Å². The van der Waals surface area contributed by atoms with Crippen LogP contribution < -0.4 is 9.47 Å². The molecule has 3 nitrogen and oxygen atoms in total. The van der Waals surface area contributed by atoms with Crippen molar-refractivity contribution in [3.8, 4) is 11.5 Å². The summed E-state index contributed by atoms with van der Waals surface area (Å²) in [4.78, 5) is 12.1. The Hall–Kier alpha value is -1.16.